The molecular formula is C58H52N2. The monoisotopic (exact) mass is 776 g/mol. The van der Waals surface area contributed by atoms with Crippen molar-refractivity contribution < 1.29 is 0 Å². The van der Waals surface area contributed by atoms with Crippen molar-refractivity contribution in [2.75, 3.05) is 9.80 Å². The molecule has 0 saturated carbocycles. The van der Waals surface area contributed by atoms with Crippen LogP contribution in [0.2, 0.25) is 0 Å². The van der Waals surface area contributed by atoms with Crippen LogP contribution < -0.4 is 9.80 Å². The van der Waals surface area contributed by atoms with E-state index in [9.17, 15) is 0 Å². The Labute approximate surface area is 356 Å². The molecule has 0 unspecified atom stereocenters. The molecule has 8 aromatic rings. The Morgan fingerprint density at radius 3 is 0.817 bits per heavy atom. The van der Waals surface area contributed by atoms with E-state index in [1.165, 1.54) is 89.3 Å². The third kappa shape index (κ3) is 5.84. The van der Waals surface area contributed by atoms with E-state index >= 15 is 0 Å². The summed E-state index contributed by atoms with van der Waals surface area (Å²) in [5.41, 5.74) is 25.4. The maximum Gasteiger partial charge on any atom is 0.0494 e. The van der Waals surface area contributed by atoms with Gasteiger partial charge in [0, 0.05) is 45.0 Å². The Morgan fingerprint density at radius 1 is 0.283 bits per heavy atom. The molecular weight excluding hydrogens is 725 g/mol. The largest absolute Gasteiger partial charge is 0.310 e. The Kier molecular flexibility index (Phi) is 8.77. The lowest BCUT2D eigenvalue weighted by molar-refractivity contribution is 0.659. The number of anilines is 6. The summed E-state index contributed by atoms with van der Waals surface area (Å²) < 4.78 is 0. The van der Waals surface area contributed by atoms with E-state index in [4.69, 9.17) is 0 Å². The van der Waals surface area contributed by atoms with Gasteiger partial charge in [-0.1, -0.05) is 113 Å². The van der Waals surface area contributed by atoms with E-state index in [0.29, 0.717) is 0 Å². The number of benzene rings is 8. The first kappa shape index (κ1) is 37.6. The first-order chi connectivity index (χ1) is 28.9. The van der Waals surface area contributed by atoms with E-state index < -0.39 is 0 Å². The average Bonchev–Trinajstić information content (AvgIpc) is 3.58. The molecule has 0 amide bonds. The quantitative estimate of drug-likeness (QED) is 0.159. The predicted molar refractivity (Wildman–Crippen MR) is 255 cm³/mol. The van der Waals surface area contributed by atoms with Gasteiger partial charge in [0.15, 0.2) is 0 Å². The Hall–Kier alpha value is -6.64. The smallest absolute Gasteiger partial charge is 0.0494 e. The van der Waals surface area contributed by atoms with Crippen molar-refractivity contribution in [1.29, 1.82) is 0 Å². The van der Waals surface area contributed by atoms with Gasteiger partial charge in [-0.15, -0.1) is 0 Å². The Morgan fingerprint density at radius 2 is 0.533 bits per heavy atom. The van der Waals surface area contributed by atoms with Gasteiger partial charge in [0.1, 0.15) is 0 Å². The van der Waals surface area contributed by atoms with Crippen LogP contribution in [0.4, 0.5) is 34.1 Å². The average molecular weight is 777 g/mol. The lowest BCUT2D eigenvalue weighted by Gasteiger charge is -2.30. The lowest BCUT2D eigenvalue weighted by atomic mass is 9.78. The van der Waals surface area contributed by atoms with Gasteiger partial charge in [0.2, 0.25) is 0 Å². The molecule has 0 heterocycles. The molecule has 0 N–H and O–H groups in total. The molecule has 0 saturated heterocycles. The van der Waals surface area contributed by atoms with Crippen LogP contribution in [0.1, 0.15) is 72.2 Å². The summed E-state index contributed by atoms with van der Waals surface area (Å²) in [6.07, 6.45) is 0. The molecule has 0 aromatic heterocycles. The van der Waals surface area contributed by atoms with Crippen molar-refractivity contribution in [2.45, 2.75) is 66.2 Å². The van der Waals surface area contributed by atoms with Crippen LogP contribution in [0.25, 0.3) is 33.4 Å². The molecule has 2 heteroatoms. The highest BCUT2D eigenvalue weighted by Gasteiger charge is 2.40. The predicted octanol–water partition coefficient (Wildman–Crippen LogP) is 16.1. The second-order valence-corrected chi connectivity index (χ2v) is 18.1. The van der Waals surface area contributed by atoms with E-state index in [-0.39, 0.29) is 10.8 Å². The zero-order chi connectivity index (χ0) is 41.5. The SMILES string of the molecule is Cc1cc2c(cc1-c1cc3c(cc1C)-c1cc(C)c(N(c4ccccc4)c4ccccc4)cc1C3(C)C)C(C)(C)c1cc(N(c3ccccc3)c3ccccc3)c(C)cc1-2. The van der Waals surface area contributed by atoms with Crippen LogP contribution in [0, 0.1) is 27.7 Å². The summed E-state index contributed by atoms with van der Waals surface area (Å²) in [6.45, 7) is 18.8. The molecule has 0 aliphatic heterocycles. The molecule has 10 rings (SSSR count). The fourth-order valence-electron chi connectivity index (χ4n) is 10.3. The second kappa shape index (κ2) is 14.0. The second-order valence-electron chi connectivity index (χ2n) is 18.1. The number of para-hydroxylation sites is 4. The molecule has 0 atom stereocenters. The zero-order valence-corrected chi connectivity index (χ0v) is 36.1. The Balaban J connectivity index is 1.06. The van der Waals surface area contributed by atoms with Gasteiger partial charge < -0.3 is 9.80 Å². The number of fused-ring (bicyclic) bond motifs is 6. The summed E-state index contributed by atoms with van der Waals surface area (Å²) in [5, 5.41) is 0. The summed E-state index contributed by atoms with van der Waals surface area (Å²) in [4.78, 5) is 4.81. The topological polar surface area (TPSA) is 6.48 Å². The maximum atomic E-state index is 2.52. The van der Waals surface area contributed by atoms with Gasteiger partial charge in [-0.05, 0) is 191 Å². The van der Waals surface area contributed by atoms with Crippen molar-refractivity contribution in [2.24, 2.45) is 0 Å². The minimum absolute atomic E-state index is 0.188. The van der Waals surface area contributed by atoms with Gasteiger partial charge in [0.05, 0.1) is 0 Å². The maximum absolute atomic E-state index is 2.52. The van der Waals surface area contributed by atoms with E-state index in [1.807, 2.05) is 0 Å². The summed E-state index contributed by atoms with van der Waals surface area (Å²) in [7, 11) is 0. The molecule has 0 bridgehead atoms. The van der Waals surface area contributed by atoms with Crippen molar-refractivity contribution >= 4 is 34.1 Å². The molecule has 0 fully saturated rings. The molecule has 0 spiro atoms. The minimum atomic E-state index is -0.188. The molecule has 2 nitrogen and oxygen atoms in total. The summed E-state index contributed by atoms with van der Waals surface area (Å²) >= 11 is 0. The molecule has 2 aliphatic rings. The van der Waals surface area contributed by atoms with E-state index in [0.717, 1.165) is 22.7 Å². The molecule has 2 aliphatic carbocycles. The van der Waals surface area contributed by atoms with Crippen molar-refractivity contribution in [3.05, 3.63) is 214 Å². The highest BCUT2D eigenvalue weighted by atomic mass is 15.1. The van der Waals surface area contributed by atoms with Crippen molar-refractivity contribution in [3.8, 4) is 33.4 Å². The highest BCUT2D eigenvalue weighted by Crippen LogP contribution is 2.56. The number of rotatable bonds is 7. The number of hydrogen-bond donors (Lipinski definition) is 0. The summed E-state index contributed by atoms with van der Waals surface area (Å²) in [5.74, 6) is 0. The fraction of sp³-hybridized carbons (Fsp3) is 0.172. The van der Waals surface area contributed by atoms with Crippen LogP contribution in [-0.2, 0) is 10.8 Å². The fourth-order valence-corrected chi connectivity index (χ4v) is 10.3. The number of nitrogens with zero attached hydrogens (tertiary/aromatic N) is 2. The van der Waals surface area contributed by atoms with Crippen molar-refractivity contribution in [3.63, 3.8) is 0 Å². The first-order valence-corrected chi connectivity index (χ1v) is 21.4. The zero-order valence-electron chi connectivity index (χ0n) is 36.1. The number of hydrogen-bond acceptors (Lipinski definition) is 2. The lowest BCUT2D eigenvalue weighted by Crippen LogP contribution is -2.18. The normalized spacial score (nSPS) is 13.9. The van der Waals surface area contributed by atoms with Crippen LogP contribution in [0.5, 0.6) is 0 Å². The third-order valence-electron chi connectivity index (χ3n) is 13.5. The van der Waals surface area contributed by atoms with E-state index in [2.05, 4.69) is 235 Å². The van der Waals surface area contributed by atoms with Crippen LogP contribution in [0.15, 0.2) is 170 Å². The standard InChI is InChI=1S/C58H52N2/c1-37-29-47-49-31-39(3)55(59(41-21-13-9-14-22-41)42-23-15-10-16-24-42)35-53(49)57(5,6)51(47)33-45(37)46-34-52-48(30-38(46)2)50-32-40(4)56(36-54(50)58(52,7)8)60(43-25-17-11-18-26-43)44-27-19-12-20-28-44/h9-36H,1-8H3. The third-order valence-corrected chi connectivity index (χ3v) is 13.5. The van der Waals surface area contributed by atoms with Gasteiger partial charge in [-0.25, -0.2) is 0 Å². The number of aryl methyl sites for hydroxylation is 4. The minimum Gasteiger partial charge on any atom is -0.310 e. The van der Waals surface area contributed by atoms with Gasteiger partial charge in [-0.3, -0.25) is 0 Å². The van der Waals surface area contributed by atoms with Crippen LogP contribution in [0.3, 0.4) is 0 Å². The van der Waals surface area contributed by atoms with Crippen LogP contribution >= 0.6 is 0 Å². The highest BCUT2D eigenvalue weighted by molar-refractivity contribution is 5.92. The van der Waals surface area contributed by atoms with Crippen LogP contribution in [-0.4, -0.2) is 0 Å². The first-order valence-electron chi connectivity index (χ1n) is 21.4. The van der Waals surface area contributed by atoms with E-state index in [1.54, 1.807) is 0 Å². The Bertz CT molecular complexity index is 2660. The van der Waals surface area contributed by atoms with Gasteiger partial charge in [0.25, 0.3) is 0 Å². The molecule has 60 heavy (non-hydrogen) atoms. The summed E-state index contributed by atoms with van der Waals surface area (Å²) in [6, 6.07) is 62.8. The molecule has 294 valence electrons. The molecule has 0 radical (unpaired) electrons. The van der Waals surface area contributed by atoms with Gasteiger partial charge in [-0.2, -0.15) is 0 Å². The molecule has 8 aromatic carbocycles. The van der Waals surface area contributed by atoms with Crippen molar-refractivity contribution in [1.82, 2.24) is 0 Å². The van der Waals surface area contributed by atoms with Gasteiger partial charge >= 0.3 is 0 Å².